The molecule has 0 radical (unpaired) electrons. The van der Waals surface area contributed by atoms with E-state index in [0.29, 0.717) is 16.8 Å². The van der Waals surface area contributed by atoms with Gasteiger partial charge in [0.1, 0.15) is 12.2 Å². The molecule has 1 heterocycles. The number of nitrogens with zero attached hydrogens (tertiary/aromatic N) is 2. The number of thiocarbonyl (C=S) groups is 1. The molecule has 1 aliphatic rings. The Hall–Kier alpha value is -3.52. The first-order valence-electron chi connectivity index (χ1n) is 9.61. The number of rotatable bonds is 6. The van der Waals surface area contributed by atoms with Crippen molar-refractivity contribution in [3.8, 4) is 0 Å². The van der Waals surface area contributed by atoms with Gasteiger partial charge >= 0.3 is 11.9 Å². The van der Waals surface area contributed by atoms with E-state index < -0.39 is 11.9 Å². The summed E-state index contributed by atoms with van der Waals surface area (Å²) in [4.78, 5) is 39.7. The lowest BCUT2D eigenvalue weighted by molar-refractivity contribution is -0.140. The Morgan fingerprint density at radius 2 is 1.65 bits per heavy atom. The van der Waals surface area contributed by atoms with Gasteiger partial charge in [-0.25, -0.2) is 4.79 Å². The average Bonchev–Trinajstić information content (AvgIpc) is 3.02. The van der Waals surface area contributed by atoms with Crippen molar-refractivity contribution in [3.63, 3.8) is 0 Å². The minimum atomic E-state index is -0.523. The maximum Gasteiger partial charge on any atom is 0.337 e. The predicted molar refractivity (Wildman–Crippen MR) is 120 cm³/mol. The molecule has 1 fully saturated rings. The maximum absolute atomic E-state index is 13.3. The summed E-state index contributed by atoms with van der Waals surface area (Å²) < 4.78 is 9.47. The summed E-state index contributed by atoms with van der Waals surface area (Å²) in [5, 5.41) is 0.192. The number of ether oxygens (including phenoxy) is 2. The maximum atomic E-state index is 13.3. The van der Waals surface area contributed by atoms with Gasteiger partial charge in [-0.05, 0) is 60.1 Å². The number of amides is 1. The second-order valence-corrected chi connectivity index (χ2v) is 7.11. The summed E-state index contributed by atoms with van der Waals surface area (Å²) in [7, 11) is 2.59. The molecule has 0 atom stereocenters. The molecule has 0 aromatic heterocycles. The van der Waals surface area contributed by atoms with Crippen LogP contribution < -0.4 is 4.90 Å². The van der Waals surface area contributed by atoms with E-state index in [4.69, 9.17) is 21.7 Å². The van der Waals surface area contributed by atoms with Crippen LogP contribution in [0.4, 0.5) is 5.69 Å². The smallest absolute Gasteiger partial charge is 0.337 e. The number of hydrogen-bond donors (Lipinski definition) is 0. The Kier molecular flexibility index (Phi) is 6.81. The summed E-state index contributed by atoms with van der Waals surface area (Å²) in [6, 6.07) is 14.1. The number of methoxy groups -OCH3 is 2. The molecule has 1 amide bonds. The number of carbonyl (C=O) groups is 3. The first kappa shape index (κ1) is 22.2. The summed E-state index contributed by atoms with van der Waals surface area (Å²) in [5.41, 5.74) is 3.04. The van der Waals surface area contributed by atoms with Crippen LogP contribution in [0.15, 0.2) is 54.2 Å². The molecule has 2 aromatic carbocycles. The van der Waals surface area contributed by atoms with Crippen molar-refractivity contribution in [3.05, 3.63) is 70.9 Å². The van der Waals surface area contributed by atoms with Crippen molar-refractivity contribution in [2.24, 2.45) is 0 Å². The van der Waals surface area contributed by atoms with Crippen LogP contribution in [0.5, 0.6) is 0 Å². The number of hydrogen-bond acceptors (Lipinski definition) is 6. The first-order valence-corrected chi connectivity index (χ1v) is 10.0. The van der Waals surface area contributed by atoms with Crippen LogP contribution in [-0.4, -0.2) is 48.6 Å². The summed E-state index contributed by atoms with van der Waals surface area (Å²) in [6.45, 7) is 1.85. The van der Waals surface area contributed by atoms with Crippen LogP contribution in [0.2, 0.25) is 0 Å². The highest BCUT2D eigenvalue weighted by Gasteiger charge is 2.40. The molecule has 0 saturated carbocycles. The largest absolute Gasteiger partial charge is 0.468 e. The van der Waals surface area contributed by atoms with Gasteiger partial charge in [-0.1, -0.05) is 31.2 Å². The standard InChI is InChI=1S/C23H22N2O5S/c1-4-15-7-11-18(12-8-15)25-21(27)19(24(23(25)31)14-20(26)29-2)13-16-5-9-17(10-6-16)22(28)30-3/h5-13H,4,14H2,1-3H3. The molecule has 1 saturated heterocycles. The molecule has 7 nitrogen and oxygen atoms in total. The lowest BCUT2D eigenvalue weighted by atomic mass is 10.1. The number of esters is 2. The van der Waals surface area contributed by atoms with Crippen molar-refractivity contribution < 1.29 is 23.9 Å². The van der Waals surface area contributed by atoms with E-state index in [1.54, 1.807) is 30.3 Å². The Labute approximate surface area is 185 Å². The normalized spacial score (nSPS) is 14.9. The van der Waals surface area contributed by atoms with E-state index in [0.717, 1.165) is 12.0 Å². The number of carbonyl (C=O) groups excluding carboxylic acids is 3. The highest BCUT2D eigenvalue weighted by atomic mass is 32.1. The summed E-state index contributed by atoms with van der Waals surface area (Å²) >= 11 is 5.53. The molecule has 1 aliphatic heterocycles. The molecular formula is C23H22N2O5S. The molecule has 0 spiro atoms. The fraction of sp³-hybridized carbons (Fsp3) is 0.217. The minimum absolute atomic E-state index is 0.192. The zero-order valence-corrected chi connectivity index (χ0v) is 18.3. The van der Waals surface area contributed by atoms with Gasteiger partial charge < -0.3 is 14.4 Å². The van der Waals surface area contributed by atoms with Crippen LogP contribution in [0.1, 0.15) is 28.4 Å². The third-order valence-corrected chi connectivity index (χ3v) is 5.29. The van der Waals surface area contributed by atoms with Gasteiger partial charge in [0.05, 0.1) is 25.5 Å². The van der Waals surface area contributed by atoms with Gasteiger partial charge in [-0.3, -0.25) is 14.5 Å². The third kappa shape index (κ3) is 4.64. The molecule has 3 rings (SSSR count). The average molecular weight is 439 g/mol. The molecule has 0 bridgehead atoms. The van der Waals surface area contributed by atoms with Gasteiger partial charge in [0.15, 0.2) is 5.11 Å². The SMILES string of the molecule is CCc1ccc(N2C(=O)C(=Cc3ccc(C(=O)OC)cc3)N(CC(=O)OC)C2=S)cc1. The van der Waals surface area contributed by atoms with Crippen molar-refractivity contribution in [2.75, 3.05) is 25.7 Å². The second-order valence-electron chi connectivity index (χ2n) is 6.75. The molecule has 31 heavy (non-hydrogen) atoms. The Bertz CT molecular complexity index is 1040. The van der Waals surface area contributed by atoms with Crippen LogP contribution in [0.25, 0.3) is 6.08 Å². The molecule has 0 unspecified atom stereocenters. The van der Waals surface area contributed by atoms with Gasteiger partial charge in [-0.2, -0.15) is 0 Å². The van der Waals surface area contributed by atoms with Gasteiger partial charge in [0.25, 0.3) is 5.91 Å². The highest BCUT2D eigenvalue weighted by Crippen LogP contribution is 2.29. The van der Waals surface area contributed by atoms with Crippen LogP contribution in [0, 0.1) is 0 Å². The summed E-state index contributed by atoms with van der Waals surface area (Å²) in [6.07, 6.45) is 2.50. The van der Waals surface area contributed by atoms with Crippen molar-refractivity contribution in [2.45, 2.75) is 13.3 Å². The van der Waals surface area contributed by atoms with Gasteiger partial charge in [0, 0.05) is 0 Å². The molecule has 2 aromatic rings. The van der Waals surface area contributed by atoms with Crippen molar-refractivity contribution >= 4 is 46.9 Å². The fourth-order valence-electron chi connectivity index (χ4n) is 3.13. The van der Waals surface area contributed by atoms with Crippen molar-refractivity contribution in [1.82, 2.24) is 4.90 Å². The Balaban J connectivity index is 1.99. The number of aryl methyl sites for hydroxylation is 1. The van der Waals surface area contributed by atoms with Gasteiger partial charge in [0.2, 0.25) is 0 Å². The number of benzene rings is 2. The molecule has 0 aliphatic carbocycles. The Morgan fingerprint density at radius 1 is 1.00 bits per heavy atom. The van der Waals surface area contributed by atoms with Crippen molar-refractivity contribution in [1.29, 1.82) is 0 Å². The van der Waals surface area contributed by atoms with E-state index in [1.165, 1.54) is 24.0 Å². The van der Waals surface area contributed by atoms with E-state index in [1.807, 2.05) is 31.2 Å². The third-order valence-electron chi connectivity index (χ3n) is 4.89. The topological polar surface area (TPSA) is 76.2 Å². The molecule has 160 valence electrons. The monoisotopic (exact) mass is 438 g/mol. The summed E-state index contributed by atoms with van der Waals surface area (Å²) in [5.74, 6) is -1.33. The lowest BCUT2D eigenvalue weighted by Crippen LogP contribution is -2.35. The minimum Gasteiger partial charge on any atom is -0.468 e. The number of anilines is 1. The van der Waals surface area contributed by atoms with E-state index in [2.05, 4.69) is 0 Å². The van der Waals surface area contributed by atoms with Crippen LogP contribution >= 0.6 is 12.2 Å². The Morgan fingerprint density at radius 3 is 2.19 bits per heavy atom. The zero-order valence-electron chi connectivity index (χ0n) is 17.5. The van der Waals surface area contributed by atoms with E-state index in [-0.39, 0.29) is 23.3 Å². The van der Waals surface area contributed by atoms with E-state index >= 15 is 0 Å². The van der Waals surface area contributed by atoms with Crippen LogP contribution in [0.3, 0.4) is 0 Å². The molecule has 8 heteroatoms. The first-order chi connectivity index (χ1) is 14.9. The van der Waals surface area contributed by atoms with Crippen LogP contribution in [-0.2, 0) is 25.5 Å². The van der Waals surface area contributed by atoms with E-state index in [9.17, 15) is 14.4 Å². The lowest BCUT2D eigenvalue weighted by Gasteiger charge is -2.19. The quantitative estimate of drug-likeness (QED) is 0.389. The van der Waals surface area contributed by atoms with Gasteiger partial charge in [-0.15, -0.1) is 0 Å². The molecule has 0 N–H and O–H groups in total. The molecular weight excluding hydrogens is 416 g/mol. The zero-order chi connectivity index (χ0) is 22.5. The predicted octanol–water partition coefficient (Wildman–Crippen LogP) is 3.18. The second kappa shape index (κ2) is 9.53. The fourth-order valence-corrected chi connectivity index (χ4v) is 3.48. The highest BCUT2D eigenvalue weighted by molar-refractivity contribution is 7.80.